The molecule has 1 aromatic carbocycles. The predicted octanol–water partition coefficient (Wildman–Crippen LogP) is 5.12. The lowest BCUT2D eigenvalue weighted by molar-refractivity contribution is -0.138. The highest BCUT2D eigenvalue weighted by atomic mass is 19.4. The number of nitrogens with one attached hydrogen (secondary N) is 1. The van der Waals surface area contributed by atoms with Crippen molar-refractivity contribution in [1.29, 1.82) is 0 Å². The van der Waals surface area contributed by atoms with Crippen molar-refractivity contribution in [3.05, 3.63) is 83.6 Å². The molecule has 0 fully saturated rings. The Morgan fingerprint density at radius 1 is 1.19 bits per heavy atom. The fraction of sp³-hybridized carbons (Fsp3) is 0.182. The molecule has 1 atom stereocenters. The molecule has 10 heteroatoms. The molecule has 0 saturated carbocycles. The van der Waals surface area contributed by atoms with E-state index < -0.39 is 23.7 Å². The molecule has 0 aliphatic heterocycles. The maximum atomic E-state index is 13.5. The van der Waals surface area contributed by atoms with Gasteiger partial charge >= 0.3 is 6.18 Å². The molecule has 164 valence electrons. The van der Waals surface area contributed by atoms with Crippen LogP contribution in [0.4, 0.5) is 18.9 Å². The van der Waals surface area contributed by atoms with Crippen LogP contribution in [0.3, 0.4) is 0 Å². The normalized spacial score (nSPS) is 12.5. The zero-order chi connectivity index (χ0) is 22.9. The lowest BCUT2D eigenvalue weighted by Gasteiger charge is -2.19. The van der Waals surface area contributed by atoms with Crippen LogP contribution in [0.2, 0.25) is 0 Å². The van der Waals surface area contributed by atoms with Crippen LogP contribution in [-0.2, 0) is 6.18 Å². The molecule has 3 heterocycles. The summed E-state index contributed by atoms with van der Waals surface area (Å²) in [6.45, 7) is 3.21. The standard InChI is InChI=1S/C22H18F3N5O2/c1-13-5-6-17(18(8-13)22(23,24)25)14(2)30-12-16(11-27-30)28-21(31)19-9-20(32-29-19)15-4-3-7-26-10-15/h3-12,14H,1-2H3,(H,28,31)/t14-/m0/s1. The molecule has 0 radical (unpaired) electrons. The molecule has 0 aliphatic carbocycles. The van der Waals surface area contributed by atoms with Crippen molar-refractivity contribution in [2.45, 2.75) is 26.1 Å². The summed E-state index contributed by atoms with van der Waals surface area (Å²) in [5.74, 6) is -0.158. The summed E-state index contributed by atoms with van der Waals surface area (Å²) in [6.07, 6.45) is 1.52. The van der Waals surface area contributed by atoms with Gasteiger partial charge in [-0.15, -0.1) is 0 Å². The van der Waals surface area contributed by atoms with E-state index in [4.69, 9.17) is 4.52 Å². The van der Waals surface area contributed by atoms with Crippen LogP contribution in [0, 0.1) is 6.92 Å². The lowest BCUT2D eigenvalue weighted by atomic mass is 9.99. The van der Waals surface area contributed by atoms with Crippen LogP contribution in [0.5, 0.6) is 0 Å². The average Bonchev–Trinajstić information content (AvgIpc) is 3.43. The number of aromatic nitrogens is 4. The van der Waals surface area contributed by atoms with E-state index >= 15 is 0 Å². The first-order valence-corrected chi connectivity index (χ1v) is 9.63. The quantitative estimate of drug-likeness (QED) is 0.465. The van der Waals surface area contributed by atoms with Gasteiger partial charge in [-0.3, -0.25) is 14.5 Å². The lowest BCUT2D eigenvalue weighted by Crippen LogP contribution is -2.16. The first kappa shape index (κ1) is 21.3. The van der Waals surface area contributed by atoms with E-state index in [-0.39, 0.29) is 11.3 Å². The van der Waals surface area contributed by atoms with Gasteiger partial charge in [0.05, 0.1) is 23.5 Å². The Morgan fingerprint density at radius 3 is 2.72 bits per heavy atom. The van der Waals surface area contributed by atoms with Crippen molar-refractivity contribution in [3.63, 3.8) is 0 Å². The van der Waals surface area contributed by atoms with Crippen LogP contribution < -0.4 is 5.32 Å². The van der Waals surface area contributed by atoms with Crippen molar-refractivity contribution in [2.75, 3.05) is 5.32 Å². The fourth-order valence-corrected chi connectivity index (χ4v) is 3.26. The van der Waals surface area contributed by atoms with Crippen molar-refractivity contribution < 1.29 is 22.5 Å². The summed E-state index contributed by atoms with van der Waals surface area (Å²) in [7, 11) is 0. The maximum Gasteiger partial charge on any atom is 0.416 e. The van der Waals surface area contributed by atoms with Gasteiger partial charge in [0, 0.05) is 30.2 Å². The number of rotatable bonds is 5. The third kappa shape index (κ3) is 4.39. The van der Waals surface area contributed by atoms with E-state index in [1.54, 1.807) is 44.4 Å². The van der Waals surface area contributed by atoms with Gasteiger partial charge in [-0.1, -0.05) is 22.9 Å². The molecule has 7 nitrogen and oxygen atoms in total. The minimum absolute atomic E-state index is 0.0440. The zero-order valence-corrected chi connectivity index (χ0v) is 17.1. The topological polar surface area (TPSA) is 85.8 Å². The van der Waals surface area contributed by atoms with Gasteiger partial charge in [-0.25, -0.2) is 0 Å². The monoisotopic (exact) mass is 441 g/mol. The molecule has 3 aromatic heterocycles. The van der Waals surface area contributed by atoms with Crippen molar-refractivity contribution in [1.82, 2.24) is 19.9 Å². The number of amides is 1. The highest BCUT2D eigenvalue weighted by Gasteiger charge is 2.35. The fourth-order valence-electron chi connectivity index (χ4n) is 3.26. The minimum atomic E-state index is -4.49. The highest BCUT2D eigenvalue weighted by molar-refractivity contribution is 6.03. The Kier molecular flexibility index (Phi) is 5.52. The second-order valence-electron chi connectivity index (χ2n) is 7.25. The Labute approximate surface area is 180 Å². The van der Waals surface area contributed by atoms with Crippen molar-refractivity contribution in [3.8, 4) is 11.3 Å². The summed E-state index contributed by atoms with van der Waals surface area (Å²) < 4.78 is 47.0. The molecule has 0 unspecified atom stereocenters. The van der Waals surface area contributed by atoms with Crippen LogP contribution in [0.1, 0.15) is 40.1 Å². The Balaban J connectivity index is 1.51. The number of hydrogen-bond donors (Lipinski definition) is 1. The summed E-state index contributed by atoms with van der Waals surface area (Å²) in [5, 5.41) is 10.5. The van der Waals surface area contributed by atoms with Crippen molar-refractivity contribution in [2.24, 2.45) is 0 Å². The minimum Gasteiger partial charge on any atom is -0.355 e. The number of carbonyl (C=O) groups is 1. The number of halogens is 3. The molecule has 0 saturated heterocycles. The summed E-state index contributed by atoms with van der Waals surface area (Å²) in [4.78, 5) is 16.5. The molecular weight excluding hydrogens is 423 g/mol. The van der Waals surface area contributed by atoms with Gasteiger partial charge < -0.3 is 9.84 Å². The molecule has 1 N–H and O–H groups in total. The second kappa shape index (κ2) is 8.29. The van der Waals surface area contributed by atoms with E-state index in [1.807, 2.05) is 0 Å². The van der Waals surface area contributed by atoms with Gasteiger partial charge in [-0.05, 0) is 37.6 Å². The molecular formula is C22H18F3N5O2. The van der Waals surface area contributed by atoms with Gasteiger partial charge in [0.1, 0.15) is 0 Å². The summed E-state index contributed by atoms with van der Waals surface area (Å²) >= 11 is 0. The smallest absolute Gasteiger partial charge is 0.355 e. The Morgan fingerprint density at radius 2 is 2.00 bits per heavy atom. The Hall–Kier alpha value is -3.95. The molecule has 4 rings (SSSR count). The maximum absolute atomic E-state index is 13.5. The van der Waals surface area contributed by atoms with Crippen LogP contribution >= 0.6 is 0 Å². The highest BCUT2D eigenvalue weighted by Crippen LogP contribution is 2.36. The molecule has 1 amide bonds. The number of nitrogens with zero attached hydrogens (tertiary/aromatic N) is 4. The van der Waals surface area contributed by atoms with Crippen LogP contribution in [-0.4, -0.2) is 25.8 Å². The molecule has 0 bridgehead atoms. The van der Waals surface area contributed by atoms with Gasteiger partial charge in [0.15, 0.2) is 11.5 Å². The molecule has 0 aliphatic rings. The summed E-state index contributed by atoms with van der Waals surface area (Å²) in [5.41, 5.74) is 0.911. The number of hydrogen-bond acceptors (Lipinski definition) is 5. The molecule has 0 spiro atoms. The number of carbonyl (C=O) groups excluding carboxylic acids is 1. The number of pyridine rings is 1. The molecule has 32 heavy (non-hydrogen) atoms. The third-order valence-corrected chi connectivity index (χ3v) is 4.91. The summed E-state index contributed by atoms with van der Waals surface area (Å²) in [6, 6.07) is 8.44. The number of anilines is 1. The second-order valence-corrected chi connectivity index (χ2v) is 7.25. The third-order valence-electron chi connectivity index (χ3n) is 4.91. The molecule has 4 aromatic rings. The number of alkyl halides is 3. The van der Waals surface area contributed by atoms with Crippen LogP contribution in [0.15, 0.2) is 65.7 Å². The van der Waals surface area contributed by atoms with E-state index in [0.29, 0.717) is 22.6 Å². The van der Waals surface area contributed by atoms with E-state index in [9.17, 15) is 18.0 Å². The van der Waals surface area contributed by atoms with Gasteiger partial charge in [-0.2, -0.15) is 18.3 Å². The van der Waals surface area contributed by atoms with E-state index in [2.05, 4.69) is 20.6 Å². The average molecular weight is 441 g/mol. The number of aryl methyl sites for hydroxylation is 1. The largest absolute Gasteiger partial charge is 0.416 e. The first-order valence-electron chi connectivity index (χ1n) is 9.63. The van der Waals surface area contributed by atoms with E-state index in [0.717, 1.165) is 6.07 Å². The zero-order valence-electron chi connectivity index (χ0n) is 17.1. The number of benzene rings is 1. The van der Waals surface area contributed by atoms with Gasteiger partial charge in [0.25, 0.3) is 5.91 Å². The van der Waals surface area contributed by atoms with Crippen molar-refractivity contribution >= 4 is 11.6 Å². The van der Waals surface area contributed by atoms with E-state index in [1.165, 1.54) is 29.2 Å². The predicted molar refractivity (Wildman–Crippen MR) is 110 cm³/mol. The van der Waals surface area contributed by atoms with Crippen LogP contribution in [0.25, 0.3) is 11.3 Å². The Bertz CT molecular complexity index is 1250. The first-order chi connectivity index (χ1) is 15.2. The SMILES string of the molecule is Cc1ccc([C@H](C)n2cc(NC(=O)c3cc(-c4cccnc4)on3)cn2)c(C(F)(F)F)c1. The van der Waals surface area contributed by atoms with Gasteiger partial charge in [0.2, 0.25) is 0 Å².